The summed E-state index contributed by atoms with van der Waals surface area (Å²) < 4.78 is 4.82. The molecule has 0 unspecified atom stereocenters. The number of rotatable bonds is 3. The minimum absolute atomic E-state index is 0.324. The molecular formula is C25H20ClN3O2. The number of aryl methyl sites for hydroxylation is 2. The predicted octanol–water partition coefficient (Wildman–Crippen LogP) is 4.65. The van der Waals surface area contributed by atoms with Gasteiger partial charge in [0.15, 0.2) is 0 Å². The van der Waals surface area contributed by atoms with Gasteiger partial charge in [-0.2, -0.15) is 0 Å². The van der Waals surface area contributed by atoms with Gasteiger partial charge in [-0.3, -0.25) is 9.36 Å². The Bertz CT molecular complexity index is 1560. The minimum atomic E-state index is -0.368. The normalized spacial score (nSPS) is 11.5. The molecule has 0 aliphatic rings. The van der Waals surface area contributed by atoms with Crippen molar-refractivity contribution in [3.05, 3.63) is 110 Å². The third kappa shape index (κ3) is 3.09. The van der Waals surface area contributed by atoms with Gasteiger partial charge in [-0.15, -0.1) is 0 Å². The maximum absolute atomic E-state index is 13.7. The lowest BCUT2D eigenvalue weighted by atomic mass is 10.1. The van der Waals surface area contributed by atoms with Crippen LogP contribution < -0.4 is 11.2 Å². The molecule has 6 heteroatoms. The van der Waals surface area contributed by atoms with Gasteiger partial charge in [-0.1, -0.05) is 53.6 Å². The van der Waals surface area contributed by atoms with Crippen LogP contribution >= 0.6 is 11.6 Å². The number of aromatic nitrogens is 3. The van der Waals surface area contributed by atoms with Gasteiger partial charge in [-0.25, -0.2) is 9.36 Å². The molecule has 0 aliphatic carbocycles. The van der Waals surface area contributed by atoms with E-state index in [4.69, 9.17) is 11.6 Å². The molecule has 3 aromatic carbocycles. The lowest BCUT2D eigenvalue weighted by molar-refractivity contribution is 0.713. The molecule has 0 aliphatic heterocycles. The van der Waals surface area contributed by atoms with Gasteiger partial charge >= 0.3 is 5.69 Å². The van der Waals surface area contributed by atoms with Crippen molar-refractivity contribution in [1.29, 1.82) is 0 Å². The van der Waals surface area contributed by atoms with Crippen LogP contribution in [0.15, 0.2) is 82.4 Å². The van der Waals surface area contributed by atoms with Crippen LogP contribution in [0.5, 0.6) is 0 Å². The van der Waals surface area contributed by atoms with E-state index in [1.807, 2.05) is 67.1 Å². The van der Waals surface area contributed by atoms with E-state index in [0.29, 0.717) is 28.3 Å². The van der Waals surface area contributed by atoms with Gasteiger partial charge < -0.3 is 4.57 Å². The Kier molecular flexibility index (Phi) is 4.56. The summed E-state index contributed by atoms with van der Waals surface area (Å²) in [6.07, 6.45) is 0. The molecule has 5 nitrogen and oxygen atoms in total. The van der Waals surface area contributed by atoms with Crippen LogP contribution in [-0.4, -0.2) is 13.7 Å². The van der Waals surface area contributed by atoms with E-state index < -0.39 is 0 Å². The summed E-state index contributed by atoms with van der Waals surface area (Å²) in [4.78, 5) is 27.3. The molecule has 2 aromatic heterocycles. The Morgan fingerprint density at radius 3 is 2.29 bits per heavy atom. The molecule has 154 valence electrons. The minimum Gasteiger partial charge on any atom is -0.338 e. The van der Waals surface area contributed by atoms with Crippen LogP contribution in [0.25, 0.3) is 27.6 Å². The van der Waals surface area contributed by atoms with Crippen molar-refractivity contribution >= 4 is 33.5 Å². The molecule has 31 heavy (non-hydrogen) atoms. The Balaban J connectivity index is 1.94. The molecule has 0 amide bonds. The van der Waals surface area contributed by atoms with Crippen molar-refractivity contribution in [2.24, 2.45) is 7.05 Å². The number of nitrogens with zero attached hydrogens (tertiary/aromatic N) is 3. The SMILES string of the molecule is Cc1ccc2c(c1)c1c(c(=O)n(-c3ccccc3)c(=O)n1Cc1ccc(Cl)cc1)n2C. The second-order valence-electron chi connectivity index (χ2n) is 7.75. The first-order chi connectivity index (χ1) is 15.0. The van der Waals surface area contributed by atoms with Gasteiger partial charge in [0, 0.05) is 17.5 Å². The molecule has 0 spiro atoms. The molecule has 0 atom stereocenters. The van der Waals surface area contributed by atoms with Crippen molar-refractivity contribution in [2.45, 2.75) is 13.5 Å². The van der Waals surface area contributed by atoms with E-state index in [1.54, 1.807) is 28.8 Å². The van der Waals surface area contributed by atoms with Gasteiger partial charge in [0.1, 0.15) is 5.52 Å². The van der Waals surface area contributed by atoms with Crippen LogP contribution in [0.3, 0.4) is 0 Å². The first-order valence-corrected chi connectivity index (χ1v) is 10.4. The number of para-hydroxylation sites is 1. The molecule has 0 radical (unpaired) electrons. The molecule has 0 N–H and O–H groups in total. The standard InChI is InChI=1S/C25H20ClN3O2/c1-16-8-13-21-20(14-16)22-23(27(21)2)24(30)29(19-6-4-3-5-7-19)25(31)28(22)15-17-9-11-18(26)12-10-17/h3-14H,15H2,1-2H3. The fraction of sp³-hybridized carbons (Fsp3) is 0.120. The third-order valence-corrected chi connectivity index (χ3v) is 5.95. The van der Waals surface area contributed by atoms with Gasteiger partial charge in [0.05, 0.1) is 23.3 Å². The van der Waals surface area contributed by atoms with E-state index in [1.165, 1.54) is 4.57 Å². The second-order valence-corrected chi connectivity index (χ2v) is 8.18. The molecule has 0 saturated heterocycles. The quantitative estimate of drug-likeness (QED) is 0.419. The van der Waals surface area contributed by atoms with Crippen molar-refractivity contribution < 1.29 is 0 Å². The number of benzene rings is 3. The third-order valence-electron chi connectivity index (χ3n) is 5.69. The first kappa shape index (κ1) is 19.4. The van der Waals surface area contributed by atoms with Crippen LogP contribution in [0.1, 0.15) is 11.1 Å². The zero-order chi connectivity index (χ0) is 21.7. The number of hydrogen-bond acceptors (Lipinski definition) is 2. The van der Waals surface area contributed by atoms with E-state index in [9.17, 15) is 9.59 Å². The van der Waals surface area contributed by atoms with Gasteiger partial charge in [-0.05, 0) is 48.9 Å². The van der Waals surface area contributed by atoms with Crippen molar-refractivity contribution in [3.8, 4) is 5.69 Å². The molecule has 0 fully saturated rings. The lowest BCUT2D eigenvalue weighted by Crippen LogP contribution is -2.39. The first-order valence-electron chi connectivity index (χ1n) is 10.00. The summed E-state index contributed by atoms with van der Waals surface area (Å²) in [6.45, 7) is 2.33. The van der Waals surface area contributed by atoms with Crippen molar-refractivity contribution in [1.82, 2.24) is 13.7 Å². The largest absolute Gasteiger partial charge is 0.338 e. The fourth-order valence-electron chi connectivity index (χ4n) is 4.19. The average Bonchev–Trinajstić information content (AvgIpc) is 3.05. The highest BCUT2D eigenvalue weighted by molar-refractivity contribution is 6.30. The number of fused-ring (bicyclic) bond motifs is 3. The van der Waals surface area contributed by atoms with Gasteiger partial charge in [0.25, 0.3) is 5.56 Å². The Morgan fingerprint density at radius 1 is 0.871 bits per heavy atom. The molecule has 0 saturated carbocycles. The summed E-state index contributed by atoms with van der Waals surface area (Å²) in [7, 11) is 1.87. The summed E-state index contributed by atoms with van der Waals surface area (Å²) in [5.74, 6) is 0. The van der Waals surface area contributed by atoms with E-state index in [2.05, 4.69) is 0 Å². The highest BCUT2D eigenvalue weighted by Gasteiger charge is 2.21. The van der Waals surface area contributed by atoms with Gasteiger partial charge in [0.2, 0.25) is 0 Å². The van der Waals surface area contributed by atoms with E-state index >= 15 is 0 Å². The monoisotopic (exact) mass is 429 g/mol. The summed E-state index contributed by atoms with van der Waals surface area (Å²) >= 11 is 6.05. The topological polar surface area (TPSA) is 48.9 Å². The smallest absolute Gasteiger partial charge is 0.336 e. The molecular weight excluding hydrogens is 410 g/mol. The summed E-state index contributed by atoms with van der Waals surface area (Å²) in [6, 6.07) is 22.5. The average molecular weight is 430 g/mol. The van der Waals surface area contributed by atoms with Crippen LogP contribution in [0, 0.1) is 6.92 Å². The van der Waals surface area contributed by atoms with Crippen LogP contribution in [0.2, 0.25) is 5.02 Å². The highest BCUT2D eigenvalue weighted by atomic mass is 35.5. The zero-order valence-corrected chi connectivity index (χ0v) is 17.9. The van der Waals surface area contributed by atoms with Crippen LogP contribution in [-0.2, 0) is 13.6 Å². The highest BCUT2D eigenvalue weighted by Crippen LogP contribution is 2.27. The predicted molar refractivity (Wildman–Crippen MR) is 126 cm³/mol. The maximum Gasteiger partial charge on any atom is 0.336 e. The summed E-state index contributed by atoms with van der Waals surface area (Å²) in [5.41, 5.74) is 3.91. The van der Waals surface area contributed by atoms with E-state index in [0.717, 1.165) is 22.0 Å². The Morgan fingerprint density at radius 2 is 1.58 bits per heavy atom. The zero-order valence-electron chi connectivity index (χ0n) is 17.2. The molecule has 0 bridgehead atoms. The van der Waals surface area contributed by atoms with Crippen LogP contribution in [0.4, 0.5) is 0 Å². The second kappa shape index (κ2) is 7.29. The maximum atomic E-state index is 13.7. The number of halogens is 1. The molecule has 5 aromatic rings. The summed E-state index contributed by atoms with van der Waals surface area (Å²) in [5, 5.41) is 1.53. The fourth-order valence-corrected chi connectivity index (χ4v) is 4.32. The molecule has 2 heterocycles. The van der Waals surface area contributed by atoms with Crippen molar-refractivity contribution in [2.75, 3.05) is 0 Å². The molecule has 5 rings (SSSR count). The van der Waals surface area contributed by atoms with Crippen molar-refractivity contribution in [3.63, 3.8) is 0 Å². The Labute approximate surface area is 183 Å². The van der Waals surface area contributed by atoms with E-state index in [-0.39, 0.29) is 11.2 Å². The Hall–Kier alpha value is -3.57. The lowest BCUT2D eigenvalue weighted by Gasteiger charge is -2.13. The number of hydrogen-bond donors (Lipinski definition) is 0.